The Labute approximate surface area is 130 Å². The van der Waals surface area contributed by atoms with Gasteiger partial charge in [-0.1, -0.05) is 28.1 Å². The van der Waals surface area contributed by atoms with E-state index in [1.54, 1.807) is 0 Å². The van der Waals surface area contributed by atoms with Crippen LogP contribution in [-0.4, -0.2) is 51.3 Å². The number of ether oxygens (including phenoxy) is 1. The molecule has 0 atom stereocenters. The molecule has 1 aromatic rings. The molecule has 1 saturated carbocycles. The predicted molar refractivity (Wildman–Crippen MR) is 87.3 cm³/mol. The quantitative estimate of drug-likeness (QED) is 0.736. The van der Waals surface area contributed by atoms with E-state index in [0.717, 1.165) is 36.7 Å². The lowest BCUT2D eigenvalue weighted by molar-refractivity contribution is 0.114. The van der Waals surface area contributed by atoms with Crippen LogP contribution >= 0.6 is 15.9 Å². The lowest BCUT2D eigenvalue weighted by Crippen LogP contribution is -2.41. The minimum absolute atomic E-state index is 0.668. The number of nitrogens with zero attached hydrogens (tertiary/aromatic N) is 1. The first kappa shape index (κ1) is 16.0. The molecule has 0 heterocycles. The number of benzene rings is 1. The molecule has 20 heavy (non-hydrogen) atoms. The van der Waals surface area contributed by atoms with Gasteiger partial charge in [0.2, 0.25) is 0 Å². The highest BCUT2D eigenvalue weighted by molar-refractivity contribution is 9.10. The highest BCUT2D eigenvalue weighted by atomic mass is 79.9. The third kappa shape index (κ3) is 5.17. The van der Waals surface area contributed by atoms with E-state index in [4.69, 9.17) is 4.74 Å². The largest absolute Gasteiger partial charge is 0.379 e. The Hall–Kier alpha value is -0.420. The van der Waals surface area contributed by atoms with Gasteiger partial charge in [0.15, 0.2) is 0 Å². The predicted octanol–water partition coefficient (Wildman–Crippen LogP) is 2.86. The molecule has 1 aliphatic carbocycles. The van der Waals surface area contributed by atoms with Gasteiger partial charge >= 0.3 is 0 Å². The van der Waals surface area contributed by atoms with Crippen LogP contribution in [0.5, 0.6) is 0 Å². The molecule has 112 valence electrons. The summed E-state index contributed by atoms with van der Waals surface area (Å²) in [5, 5.41) is 3.57. The van der Waals surface area contributed by atoms with Gasteiger partial charge in [-0.15, -0.1) is 0 Å². The minimum atomic E-state index is 0.668. The van der Waals surface area contributed by atoms with Gasteiger partial charge in [-0.05, 0) is 50.6 Å². The van der Waals surface area contributed by atoms with Crippen molar-refractivity contribution >= 4 is 15.9 Å². The van der Waals surface area contributed by atoms with Gasteiger partial charge in [0.05, 0.1) is 13.2 Å². The molecule has 0 saturated heterocycles. The third-order valence-electron chi connectivity index (χ3n) is 3.84. The zero-order valence-electron chi connectivity index (χ0n) is 12.4. The van der Waals surface area contributed by atoms with Crippen molar-refractivity contribution in [2.75, 3.05) is 40.4 Å². The molecule has 0 amide bonds. The van der Waals surface area contributed by atoms with Gasteiger partial charge in [-0.25, -0.2) is 0 Å². The molecule has 1 N–H and O–H groups in total. The van der Waals surface area contributed by atoms with Crippen LogP contribution in [0, 0.1) is 0 Å². The van der Waals surface area contributed by atoms with E-state index in [1.807, 2.05) is 0 Å². The molecule has 0 aromatic heterocycles. The molecular weight excluding hydrogens is 316 g/mol. The van der Waals surface area contributed by atoms with Crippen molar-refractivity contribution in [1.29, 1.82) is 0 Å². The van der Waals surface area contributed by atoms with Crippen LogP contribution in [0.4, 0.5) is 0 Å². The van der Waals surface area contributed by atoms with Gasteiger partial charge in [0, 0.05) is 23.6 Å². The Balaban J connectivity index is 1.52. The molecule has 0 unspecified atom stereocenters. The van der Waals surface area contributed by atoms with Crippen molar-refractivity contribution in [2.24, 2.45) is 0 Å². The van der Waals surface area contributed by atoms with Crippen LogP contribution in [0.1, 0.15) is 24.3 Å². The lowest BCUT2D eigenvalue weighted by atomic mass is 9.76. The summed E-state index contributed by atoms with van der Waals surface area (Å²) in [5.41, 5.74) is 1.47. The number of halogens is 1. The zero-order chi connectivity index (χ0) is 14.4. The topological polar surface area (TPSA) is 24.5 Å². The molecule has 0 bridgehead atoms. The second kappa shape index (κ2) is 8.13. The van der Waals surface area contributed by atoms with E-state index in [1.165, 1.54) is 18.4 Å². The maximum Gasteiger partial charge on any atom is 0.0593 e. The summed E-state index contributed by atoms with van der Waals surface area (Å²) >= 11 is 3.48. The third-order valence-corrected chi connectivity index (χ3v) is 4.37. The van der Waals surface area contributed by atoms with E-state index in [-0.39, 0.29) is 0 Å². The number of hydrogen-bond donors (Lipinski definition) is 1. The molecule has 1 aromatic carbocycles. The fourth-order valence-electron chi connectivity index (χ4n) is 2.48. The minimum Gasteiger partial charge on any atom is -0.379 e. The SMILES string of the molecule is CN(C)CCOCCNC1CC(c2ccc(Br)cc2)C1. The van der Waals surface area contributed by atoms with Crippen LogP contribution in [0.25, 0.3) is 0 Å². The average molecular weight is 341 g/mol. The first-order valence-corrected chi connectivity index (χ1v) is 8.16. The van der Waals surface area contributed by atoms with Crippen molar-refractivity contribution in [1.82, 2.24) is 10.2 Å². The Morgan fingerprint density at radius 3 is 2.55 bits per heavy atom. The summed E-state index contributed by atoms with van der Waals surface area (Å²) in [6.45, 7) is 3.59. The van der Waals surface area contributed by atoms with Crippen molar-refractivity contribution in [3.05, 3.63) is 34.3 Å². The summed E-state index contributed by atoms with van der Waals surface area (Å²) in [4.78, 5) is 2.14. The number of nitrogens with one attached hydrogen (secondary N) is 1. The van der Waals surface area contributed by atoms with Crippen LogP contribution in [0.3, 0.4) is 0 Å². The van der Waals surface area contributed by atoms with Crippen molar-refractivity contribution in [3.63, 3.8) is 0 Å². The number of rotatable bonds is 8. The maximum absolute atomic E-state index is 5.58. The summed E-state index contributed by atoms with van der Waals surface area (Å²) in [7, 11) is 4.14. The standard InChI is InChI=1S/C16H25BrN2O/c1-19(2)8-10-20-9-7-18-16-11-14(12-16)13-3-5-15(17)6-4-13/h3-6,14,16,18H,7-12H2,1-2H3. The highest BCUT2D eigenvalue weighted by Crippen LogP contribution is 2.37. The second-order valence-electron chi connectivity index (χ2n) is 5.79. The molecule has 1 aliphatic rings. The van der Waals surface area contributed by atoms with Gasteiger partial charge in [0.25, 0.3) is 0 Å². The lowest BCUT2D eigenvalue weighted by Gasteiger charge is -2.36. The van der Waals surface area contributed by atoms with Crippen LogP contribution in [-0.2, 0) is 4.74 Å². The Bertz CT molecular complexity index is 388. The number of hydrogen-bond acceptors (Lipinski definition) is 3. The van der Waals surface area contributed by atoms with Crippen molar-refractivity contribution < 1.29 is 4.74 Å². The molecule has 2 rings (SSSR count). The van der Waals surface area contributed by atoms with Gasteiger partial charge in [-0.2, -0.15) is 0 Å². The fourth-order valence-corrected chi connectivity index (χ4v) is 2.74. The van der Waals surface area contributed by atoms with Gasteiger partial charge in [-0.3, -0.25) is 0 Å². The maximum atomic E-state index is 5.58. The van der Waals surface area contributed by atoms with Gasteiger partial charge in [0.1, 0.15) is 0 Å². The molecule has 0 spiro atoms. The van der Waals surface area contributed by atoms with E-state index >= 15 is 0 Å². The van der Waals surface area contributed by atoms with Gasteiger partial charge < -0.3 is 15.0 Å². The van der Waals surface area contributed by atoms with Crippen molar-refractivity contribution in [2.45, 2.75) is 24.8 Å². The monoisotopic (exact) mass is 340 g/mol. The smallest absolute Gasteiger partial charge is 0.0593 e. The Morgan fingerprint density at radius 2 is 1.90 bits per heavy atom. The Morgan fingerprint density at radius 1 is 1.20 bits per heavy atom. The summed E-state index contributed by atoms with van der Waals surface area (Å²) in [5.74, 6) is 0.732. The Kier molecular flexibility index (Phi) is 6.49. The first-order chi connectivity index (χ1) is 9.65. The summed E-state index contributed by atoms with van der Waals surface area (Å²) < 4.78 is 6.74. The van der Waals surface area contributed by atoms with E-state index in [0.29, 0.717) is 6.04 Å². The second-order valence-corrected chi connectivity index (χ2v) is 6.70. The summed E-state index contributed by atoms with van der Waals surface area (Å²) in [6.07, 6.45) is 2.50. The normalized spacial score (nSPS) is 22.0. The van der Waals surface area contributed by atoms with E-state index in [9.17, 15) is 0 Å². The van der Waals surface area contributed by atoms with E-state index < -0.39 is 0 Å². The van der Waals surface area contributed by atoms with E-state index in [2.05, 4.69) is 64.5 Å². The highest BCUT2D eigenvalue weighted by Gasteiger charge is 2.29. The van der Waals surface area contributed by atoms with Crippen molar-refractivity contribution in [3.8, 4) is 0 Å². The molecule has 3 nitrogen and oxygen atoms in total. The van der Waals surface area contributed by atoms with Crippen LogP contribution in [0.2, 0.25) is 0 Å². The zero-order valence-corrected chi connectivity index (χ0v) is 14.0. The fraction of sp³-hybridized carbons (Fsp3) is 0.625. The molecule has 0 aliphatic heterocycles. The number of likely N-dealkylation sites (N-methyl/N-ethyl adjacent to an activating group) is 1. The molecule has 4 heteroatoms. The molecular formula is C16H25BrN2O. The molecule has 1 fully saturated rings. The first-order valence-electron chi connectivity index (χ1n) is 7.36. The van der Waals surface area contributed by atoms with Crippen LogP contribution in [0.15, 0.2) is 28.7 Å². The molecule has 0 radical (unpaired) electrons. The average Bonchev–Trinajstić information content (AvgIpc) is 2.37. The van der Waals surface area contributed by atoms with Crippen LogP contribution < -0.4 is 5.32 Å². The summed E-state index contributed by atoms with van der Waals surface area (Å²) in [6, 6.07) is 9.40.